The van der Waals surface area contributed by atoms with Crippen LogP contribution in [0.2, 0.25) is 0 Å². The fourth-order valence-electron chi connectivity index (χ4n) is 1.33. The summed E-state index contributed by atoms with van der Waals surface area (Å²) >= 11 is 0. The zero-order valence-electron chi connectivity index (χ0n) is 9.10. The van der Waals surface area contributed by atoms with Crippen LogP contribution in [0.25, 0.3) is 0 Å². The van der Waals surface area contributed by atoms with Gasteiger partial charge in [-0.1, -0.05) is 12.1 Å². The first kappa shape index (κ1) is 12.2. The second-order valence-corrected chi connectivity index (χ2v) is 4.83. The smallest absolute Gasteiger partial charge is 0.119 e. The summed E-state index contributed by atoms with van der Waals surface area (Å²) in [5.74, 6) is 1.33. The highest BCUT2D eigenvalue weighted by atomic mass is 32.2. The molecular formula is C11H17NO2S. The Morgan fingerprint density at radius 1 is 1.40 bits per heavy atom. The van der Waals surface area contributed by atoms with Crippen LogP contribution < -0.4 is 10.5 Å². The van der Waals surface area contributed by atoms with Gasteiger partial charge in [-0.3, -0.25) is 4.21 Å². The molecular weight excluding hydrogens is 210 g/mol. The minimum atomic E-state index is -0.861. The van der Waals surface area contributed by atoms with Crippen molar-refractivity contribution in [3.63, 3.8) is 0 Å². The average Bonchev–Trinajstić information content (AvgIpc) is 2.18. The highest BCUT2D eigenvalue weighted by molar-refractivity contribution is 7.84. The molecule has 0 aliphatic heterocycles. The molecule has 0 saturated carbocycles. The van der Waals surface area contributed by atoms with Gasteiger partial charge in [-0.2, -0.15) is 0 Å². The average molecular weight is 227 g/mol. The molecule has 0 spiro atoms. The van der Waals surface area contributed by atoms with Crippen LogP contribution in [0.1, 0.15) is 18.5 Å². The summed E-state index contributed by atoms with van der Waals surface area (Å²) in [6.07, 6.45) is 1.66. The van der Waals surface area contributed by atoms with Gasteiger partial charge in [-0.15, -0.1) is 0 Å². The van der Waals surface area contributed by atoms with Crippen LogP contribution in [0.4, 0.5) is 0 Å². The zero-order chi connectivity index (χ0) is 11.3. The lowest BCUT2D eigenvalue weighted by Crippen LogP contribution is -2.17. The molecule has 84 valence electrons. The Bertz CT molecular complexity index is 324. The van der Waals surface area contributed by atoms with Crippen LogP contribution in [0.5, 0.6) is 5.75 Å². The summed E-state index contributed by atoms with van der Waals surface area (Å²) in [5.41, 5.74) is 6.88. The van der Waals surface area contributed by atoms with Gasteiger partial charge in [0.05, 0.1) is 6.61 Å². The highest BCUT2D eigenvalue weighted by Gasteiger charge is 2.07. The third-order valence-electron chi connectivity index (χ3n) is 2.03. The number of nitrogens with two attached hydrogens (primary N) is 1. The molecule has 2 N–H and O–H groups in total. The summed E-state index contributed by atoms with van der Waals surface area (Å²) in [5, 5.41) is 0. The summed E-state index contributed by atoms with van der Waals surface area (Å²) in [6, 6.07) is 7.45. The van der Waals surface area contributed by atoms with Gasteiger partial charge in [0.2, 0.25) is 0 Å². The first-order valence-electron chi connectivity index (χ1n) is 4.92. The van der Waals surface area contributed by atoms with E-state index in [9.17, 15) is 4.21 Å². The van der Waals surface area contributed by atoms with E-state index in [-0.39, 0.29) is 6.04 Å². The van der Waals surface area contributed by atoms with Crippen LogP contribution >= 0.6 is 0 Å². The number of ether oxygens (including phenoxy) is 1. The van der Waals surface area contributed by atoms with Gasteiger partial charge in [0.1, 0.15) is 5.75 Å². The molecule has 0 amide bonds. The molecule has 0 bridgehead atoms. The molecule has 1 rings (SSSR count). The zero-order valence-corrected chi connectivity index (χ0v) is 9.92. The van der Waals surface area contributed by atoms with E-state index in [2.05, 4.69) is 0 Å². The monoisotopic (exact) mass is 227 g/mol. The van der Waals surface area contributed by atoms with Crippen molar-refractivity contribution in [2.24, 2.45) is 5.73 Å². The maximum Gasteiger partial charge on any atom is 0.119 e. The van der Waals surface area contributed by atoms with Crippen LogP contribution in [-0.2, 0) is 10.8 Å². The lowest BCUT2D eigenvalue weighted by molar-refractivity contribution is 0.340. The van der Waals surface area contributed by atoms with E-state index in [1.807, 2.05) is 31.2 Å². The third-order valence-corrected chi connectivity index (χ3v) is 2.86. The van der Waals surface area contributed by atoms with E-state index in [1.54, 1.807) is 6.26 Å². The Labute approximate surface area is 93.1 Å². The van der Waals surface area contributed by atoms with E-state index in [0.717, 1.165) is 11.3 Å². The Morgan fingerprint density at radius 3 is 2.47 bits per heavy atom. The number of hydrogen-bond acceptors (Lipinski definition) is 3. The van der Waals surface area contributed by atoms with Crippen LogP contribution in [-0.4, -0.2) is 22.8 Å². The largest absolute Gasteiger partial charge is 0.494 e. The molecule has 1 aromatic carbocycles. The summed E-state index contributed by atoms with van der Waals surface area (Å²) in [7, 11) is -0.861. The lowest BCUT2D eigenvalue weighted by atomic mass is 10.1. The minimum absolute atomic E-state index is 0.161. The molecule has 4 heteroatoms. The molecule has 2 atom stereocenters. The van der Waals surface area contributed by atoms with Crippen molar-refractivity contribution in [3.05, 3.63) is 29.8 Å². The molecule has 0 aromatic heterocycles. The van der Waals surface area contributed by atoms with Gasteiger partial charge >= 0.3 is 0 Å². The predicted octanol–water partition coefficient (Wildman–Crippen LogP) is 1.46. The summed E-state index contributed by atoms with van der Waals surface area (Å²) < 4.78 is 16.3. The molecule has 3 nitrogen and oxygen atoms in total. The molecule has 0 aliphatic carbocycles. The van der Waals surface area contributed by atoms with Gasteiger partial charge in [-0.25, -0.2) is 0 Å². The van der Waals surface area contributed by atoms with Crippen molar-refractivity contribution in [1.29, 1.82) is 0 Å². The first-order valence-corrected chi connectivity index (χ1v) is 6.64. The molecule has 15 heavy (non-hydrogen) atoms. The van der Waals surface area contributed by atoms with E-state index >= 15 is 0 Å². The van der Waals surface area contributed by atoms with Gasteiger partial charge in [0, 0.05) is 28.9 Å². The maximum absolute atomic E-state index is 11.0. The van der Waals surface area contributed by atoms with E-state index < -0.39 is 10.8 Å². The normalized spacial score (nSPS) is 14.6. The standard InChI is InChI=1S/C11H17NO2S/c1-3-14-10-6-4-9(5-7-10)11(12)8-15(2)13/h4-7,11H,3,8,12H2,1-2H3. The molecule has 0 saturated heterocycles. The lowest BCUT2D eigenvalue weighted by Gasteiger charge is -2.11. The Morgan fingerprint density at radius 2 is 2.00 bits per heavy atom. The Kier molecular flexibility index (Phi) is 4.78. The second-order valence-electron chi connectivity index (χ2n) is 3.35. The third kappa shape index (κ3) is 4.01. The van der Waals surface area contributed by atoms with Crippen molar-refractivity contribution in [1.82, 2.24) is 0 Å². The number of hydrogen-bond donors (Lipinski definition) is 1. The minimum Gasteiger partial charge on any atom is -0.494 e. The van der Waals surface area contributed by atoms with Crippen molar-refractivity contribution >= 4 is 10.8 Å². The van der Waals surface area contributed by atoms with Crippen LogP contribution in [0.3, 0.4) is 0 Å². The SMILES string of the molecule is CCOc1ccc(C(N)CS(C)=O)cc1. The molecule has 0 radical (unpaired) electrons. The Hall–Kier alpha value is -0.870. The molecule has 0 heterocycles. The summed E-state index contributed by atoms with van der Waals surface area (Å²) in [4.78, 5) is 0. The van der Waals surface area contributed by atoms with Gasteiger partial charge in [-0.05, 0) is 24.6 Å². The van der Waals surface area contributed by atoms with Gasteiger partial charge in [0.25, 0.3) is 0 Å². The first-order chi connectivity index (χ1) is 7.13. The number of benzene rings is 1. The highest BCUT2D eigenvalue weighted by Crippen LogP contribution is 2.16. The molecule has 1 aromatic rings. The maximum atomic E-state index is 11.0. The van der Waals surface area contributed by atoms with Crippen LogP contribution in [0.15, 0.2) is 24.3 Å². The van der Waals surface area contributed by atoms with E-state index in [1.165, 1.54) is 0 Å². The Balaban J connectivity index is 2.66. The van der Waals surface area contributed by atoms with Gasteiger partial charge in [0.15, 0.2) is 0 Å². The molecule has 0 fully saturated rings. The van der Waals surface area contributed by atoms with Crippen LogP contribution in [0, 0.1) is 0 Å². The molecule has 2 unspecified atom stereocenters. The van der Waals surface area contributed by atoms with Crippen molar-refractivity contribution in [2.45, 2.75) is 13.0 Å². The quantitative estimate of drug-likeness (QED) is 0.828. The van der Waals surface area contributed by atoms with E-state index in [0.29, 0.717) is 12.4 Å². The fraction of sp³-hybridized carbons (Fsp3) is 0.455. The van der Waals surface area contributed by atoms with Crippen molar-refractivity contribution < 1.29 is 8.95 Å². The fourth-order valence-corrected chi connectivity index (χ4v) is 2.03. The topological polar surface area (TPSA) is 52.3 Å². The summed E-state index contributed by atoms with van der Waals surface area (Å²) in [6.45, 7) is 2.60. The predicted molar refractivity (Wildman–Crippen MR) is 63.5 cm³/mol. The number of rotatable bonds is 5. The van der Waals surface area contributed by atoms with Crippen molar-refractivity contribution in [3.8, 4) is 5.75 Å². The van der Waals surface area contributed by atoms with E-state index in [4.69, 9.17) is 10.5 Å². The van der Waals surface area contributed by atoms with Crippen molar-refractivity contribution in [2.75, 3.05) is 18.6 Å². The molecule has 0 aliphatic rings. The van der Waals surface area contributed by atoms with Gasteiger partial charge < -0.3 is 10.5 Å². The second kappa shape index (κ2) is 5.88.